The number of likely N-dealkylation sites (N-methyl/N-ethyl adjacent to an activating group) is 1. The first-order valence-electron chi connectivity index (χ1n) is 6.66. The van der Waals surface area contributed by atoms with E-state index in [1.165, 1.54) is 19.3 Å². The van der Waals surface area contributed by atoms with Gasteiger partial charge in [0.05, 0.1) is 5.75 Å². The molecule has 1 fully saturated rings. The van der Waals surface area contributed by atoms with Crippen molar-refractivity contribution < 1.29 is 8.42 Å². The van der Waals surface area contributed by atoms with E-state index in [1.54, 1.807) is 6.92 Å². The lowest BCUT2D eigenvalue weighted by Gasteiger charge is -2.28. The summed E-state index contributed by atoms with van der Waals surface area (Å²) in [6, 6.07) is 0.594. The summed E-state index contributed by atoms with van der Waals surface area (Å²) >= 11 is 0. The fourth-order valence-corrected chi connectivity index (χ4v) is 3.10. The average molecular weight is 262 g/mol. The molecule has 4 nitrogen and oxygen atoms in total. The van der Waals surface area contributed by atoms with Gasteiger partial charge in [-0.25, -0.2) is 8.42 Å². The van der Waals surface area contributed by atoms with E-state index < -0.39 is 9.84 Å². The number of hydrogen-bond acceptors (Lipinski definition) is 4. The highest BCUT2D eigenvalue weighted by molar-refractivity contribution is 7.91. The largest absolute Gasteiger partial charge is 0.313 e. The third kappa shape index (κ3) is 6.38. The Morgan fingerprint density at radius 2 is 2.12 bits per heavy atom. The molecular weight excluding hydrogens is 236 g/mol. The van der Waals surface area contributed by atoms with Crippen molar-refractivity contribution >= 4 is 9.84 Å². The molecule has 0 aromatic carbocycles. The normalized spacial score (nSPS) is 21.9. The van der Waals surface area contributed by atoms with Crippen molar-refractivity contribution in [1.82, 2.24) is 10.2 Å². The molecule has 0 saturated carbocycles. The summed E-state index contributed by atoms with van der Waals surface area (Å²) in [5.74, 6) is 0.590. The van der Waals surface area contributed by atoms with Gasteiger partial charge in [-0.1, -0.05) is 13.3 Å². The van der Waals surface area contributed by atoms with Crippen LogP contribution >= 0.6 is 0 Å². The highest BCUT2D eigenvalue weighted by atomic mass is 32.2. The van der Waals surface area contributed by atoms with Gasteiger partial charge in [-0.15, -0.1) is 0 Å². The predicted molar refractivity (Wildman–Crippen MR) is 72.1 cm³/mol. The Hall–Kier alpha value is -0.130. The molecule has 0 radical (unpaired) electrons. The summed E-state index contributed by atoms with van der Waals surface area (Å²) in [7, 11) is -0.712. The summed E-state index contributed by atoms with van der Waals surface area (Å²) in [6.45, 7) is 4.75. The van der Waals surface area contributed by atoms with Gasteiger partial charge in [0.15, 0.2) is 0 Å². The van der Waals surface area contributed by atoms with Crippen molar-refractivity contribution in [2.75, 3.05) is 38.2 Å². The van der Waals surface area contributed by atoms with Crippen molar-refractivity contribution in [1.29, 1.82) is 0 Å². The number of sulfone groups is 1. The first kappa shape index (κ1) is 14.9. The summed E-state index contributed by atoms with van der Waals surface area (Å²) in [4.78, 5) is 2.24. The van der Waals surface area contributed by atoms with E-state index in [0.717, 1.165) is 26.1 Å². The van der Waals surface area contributed by atoms with Gasteiger partial charge in [0, 0.05) is 18.3 Å². The molecule has 5 heteroatoms. The Balaban J connectivity index is 2.14. The van der Waals surface area contributed by atoms with Crippen LogP contribution in [0.25, 0.3) is 0 Å². The maximum absolute atomic E-state index is 11.3. The third-order valence-electron chi connectivity index (χ3n) is 3.38. The van der Waals surface area contributed by atoms with Crippen molar-refractivity contribution in [3.63, 3.8) is 0 Å². The van der Waals surface area contributed by atoms with Gasteiger partial charge in [0.25, 0.3) is 0 Å². The molecule has 17 heavy (non-hydrogen) atoms. The summed E-state index contributed by atoms with van der Waals surface area (Å²) in [5, 5.41) is 3.51. The molecule has 0 amide bonds. The Bertz CT molecular complexity index is 298. The maximum Gasteiger partial charge on any atom is 0.150 e. The zero-order valence-electron chi connectivity index (χ0n) is 11.1. The Morgan fingerprint density at radius 3 is 2.71 bits per heavy atom. The Kier molecular flexibility index (Phi) is 6.44. The van der Waals surface area contributed by atoms with Crippen molar-refractivity contribution in [2.24, 2.45) is 0 Å². The molecule has 0 aromatic rings. The molecule has 1 saturated heterocycles. The number of nitrogens with one attached hydrogen (secondary N) is 1. The van der Waals surface area contributed by atoms with Gasteiger partial charge in [-0.3, -0.25) is 0 Å². The second-order valence-corrected chi connectivity index (χ2v) is 7.47. The molecule has 1 atom stereocenters. The molecule has 1 N–H and O–H groups in total. The first-order valence-corrected chi connectivity index (χ1v) is 8.48. The van der Waals surface area contributed by atoms with Crippen LogP contribution in [0.15, 0.2) is 0 Å². The minimum absolute atomic E-state index is 0.265. The lowest BCUT2D eigenvalue weighted by molar-refractivity contribution is 0.263. The Morgan fingerprint density at radius 1 is 1.35 bits per heavy atom. The van der Waals surface area contributed by atoms with Crippen LogP contribution in [0.4, 0.5) is 0 Å². The van der Waals surface area contributed by atoms with E-state index in [4.69, 9.17) is 0 Å². The number of nitrogens with zero attached hydrogens (tertiary/aromatic N) is 1. The highest BCUT2D eigenvalue weighted by Crippen LogP contribution is 2.08. The standard InChI is InChI=1S/C12H26N2O2S/c1-3-17(15,16)10-6-9-14(2)11-12-7-4-5-8-13-12/h12-13H,3-11H2,1-2H3. The van der Waals surface area contributed by atoms with E-state index in [0.29, 0.717) is 11.8 Å². The topological polar surface area (TPSA) is 49.4 Å². The van der Waals surface area contributed by atoms with Gasteiger partial charge >= 0.3 is 0 Å². The minimum atomic E-state index is -2.79. The van der Waals surface area contributed by atoms with Crippen LogP contribution in [-0.4, -0.2) is 57.5 Å². The van der Waals surface area contributed by atoms with Crippen LogP contribution < -0.4 is 5.32 Å². The molecule has 0 bridgehead atoms. The fraction of sp³-hybridized carbons (Fsp3) is 1.00. The summed E-state index contributed by atoms with van der Waals surface area (Å²) < 4.78 is 22.7. The third-order valence-corrected chi connectivity index (χ3v) is 5.17. The number of rotatable bonds is 7. The van der Waals surface area contributed by atoms with Crippen LogP contribution in [0.5, 0.6) is 0 Å². The fourth-order valence-electron chi connectivity index (χ4n) is 2.25. The molecular formula is C12H26N2O2S. The minimum Gasteiger partial charge on any atom is -0.313 e. The van der Waals surface area contributed by atoms with Crippen LogP contribution in [0.1, 0.15) is 32.6 Å². The van der Waals surface area contributed by atoms with Crippen LogP contribution in [-0.2, 0) is 9.84 Å². The molecule has 0 aromatic heterocycles. The molecule has 0 spiro atoms. The number of piperidine rings is 1. The van der Waals surface area contributed by atoms with Crippen molar-refractivity contribution in [2.45, 2.75) is 38.6 Å². The van der Waals surface area contributed by atoms with Gasteiger partial charge in [-0.2, -0.15) is 0 Å². The molecule has 1 aliphatic rings. The zero-order chi connectivity index (χ0) is 12.7. The van der Waals surface area contributed by atoms with Crippen LogP contribution in [0.3, 0.4) is 0 Å². The van der Waals surface area contributed by atoms with Gasteiger partial charge in [0.1, 0.15) is 9.84 Å². The quantitative estimate of drug-likeness (QED) is 0.740. The smallest absolute Gasteiger partial charge is 0.150 e. The molecule has 1 unspecified atom stereocenters. The molecule has 1 aliphatic heterocycles. The van der Waals surface area contributed by atoms with Gasteiger partial charge < -0.3 is 10.2 Å². The second-order valence-electron chi connectivity index (χ2n) is 5.00. The average Bonchev–Trinajstić information content (AvgIpc) is 2.30. The lowest BCUT2D eigenvalue weighted by atomic mass is 10.0. The highest BCUT2D eigenvalue weighted by Gasteiger charge is 2.14. The van der Waals surface area contributed by atoms with E-state index in [9.17, 15) is 8.42 Å². The SMILES string of the molecule is CCS(=O)(=O)CCCN(C)CC1CCCCN1. The molecule has 0 aliphatic carbocycles. The molecule has 1 heterocycles. The lowest BCUT2D eigenvalue weighted by Crippen LogP contribution is -2.42. The molecule has 102 valence electrons. The van der Waals surface area contributed by atoms with E-state index in [-0.39, 0.29) is 5.75 Å². The molecule has 1 rings (SSSR count). The summed E-state index contributed by atoms with van der Waals surface area (Å²) in [5.41, 5.74) is 0. The monoisotopic (exact) mass is 262 g/mol. The van der Waals surface area contributed by atoms with Gasteiger partial charge in [-0.05, 0) is 39.4 Å². The predicted octanol–water partition coefficient (Wildman–Crippen LogP) is 0.885. The zero-order valence-corrected chi connectivity index (χ0v) is 11.9. The Labute approximate surface area is 106 Å². The van der Waals surface area contributed by atoms with Crippen LogP contribution in [0, 0.1) is 0 Å². The second kappa shape index (κ2) is 7.34. The number of hydrogen-bond donors (Lipinski definition) is 1. The van der Waals surface area contributed by atoms with Crippen molar-refractivity contribution in [3.8, 4) is 0 Å². The van der Waals surface area contributed by atoms with E-state index in [2.05, 4.69) is 17.3 Å². The maximum atomic E-state index is 11.3. The van der Waals surface area contributed by atoms with E-state index >= 15 is 0 Å². The van der Waals surface area contributed by atoms with Gasteiger partial charge in [0.2, 0.25) is 0 Å². The van der Waals surface area contributed by atoms with Crippen molar-refractivity contribution in [3.05, 3.63) is 0 Å². The summed E-state index contributed by atoms with van der Waals surface area (Å²) in [6.07, 6.45) is 4.60. The van der Waals surface area contributed by atoms with E-state index in [1.807, 2.05) is 0 Å². The van der Waals surface area contributed by atoms with Crippen LogP contribution in [0.2, 0.25) is 0 Å². The first-order chi connectivity index (χ1) is 8.03.